The van der Waals surface area contributed by atoms with E-state index in [2.05, 4.69) is 4.98 Å². The SMILES string of the molecule is CN(CC1CCOCC1)c1cc(C(=O)O)ccn1. The zero-order chi connectivity index (χ0) is 13.0. The highest BCUT2D eigenvalue weighted by atomic mass is 16.5. The number of ether oxygens (including phenoxy) is 1. The lowest BCUT2D eigenvalue weighted by Crippen LogP contribution is -2.30. The van der Waals surface area contributed by atoms with Crippen LogP contribution in [-0.2, 0) is 4.74 Å². The summed E-state index contributed by atoms with van der Waals surface area (Å²) < 4.78 is 5.33. The van der Waals surface area contributed by atoms with Crippen LogP contribution < -0.4 is 4.90 Å². The first-order valence-electron chi connectivity index (χ1n) is 6.15. The van der Waals surface area contributed by atoms with Crippen LogP contribution in [0, 0.1) is 5.92 Å². The molecule has 1 saturated heterocycles. The maximum Gasteiger partial charge on any atom is 0.335 e. The zero-order valence-corrected chi connectivity index (χ0v) is 10.5. The molecule has 0 amide bonds. The van der Waals surface area contributed by atoms with Crippen molar-refractivity contribution in [3.8, 4) is 0 Å². The standard InChI is InChI=1S/C13H18N2O3/c1-15(9-10-3-6-18-7-4-10)12-8-11(13(16)17)2-5-14-12/h2,5,8,10H,3-4,6-7,9H2,1H3,(H,16,17). The quantitative estimate of drug-likeness (QED) is 0.880. The minimum Gasteiger partial charge on any atom is -0.478 e. The van der Waals surface area contributed by atoms with Gasteiger partial charge in [-0.25, -0.2) is 9.78 Å². The maximum absolute atomic E-state index is 10.9. The monoisotopic (exact) mass is 250 g/mol. The Morgan fingerprint density at radius 1 is 1.56 bits per heavy atom. The van der Waals surface area contributed by atoms with Crippen LogP contribution in [0.25, 0.3) is 0 Å². The van der Waals surface area contributed by atoms with Crippen LogP contribution >= 0.6 is 0 Å². The number of aromatic carboxylic acids is 1. The van der Waals surface area contributed by atoms with E-state index in [0.717, 1.165) is 32.6 Å². The maximum atomic E-state index is 10.9. The molecule has 1 aromatic heterocycles. The van der Waals surface area contributed by atoms with Gasteiger partial charge in [0.15, 0.2) is 0 Å². The van der Waals surface area contributed by atoms with Crippen molar-refractivity contribution in [2.45, 2.75) is 12.8 Å². The Kier molecular flexibility index (Phi) is 4.15. The van der Waals surface area contributed by atoms with Crippen LogP contribution in [0.5, 0.6) is 0 Å². The molecule has 0 aromatic carbocycles. The summed E-state index contributed by atoms with van der Waals surface area (Å²) >= 11 is 0. The normalized spacial score (nSPS) is 16.5. The first kappa shape index (κ1) is 12.8. The molecule has 0 saturated carbocycles. The second-order valence-electron chi connectivity index (χ2n) is 4.64. The van der Waals surface area contributed by atoms with Crippen molar-refractivity contribution in [3.63, 3.8) is 0 Å². The fraction of sp³-hybridized carbons (Fsp3) is 0.538. The van der Waals surface area contributed by atoms with Crippen LogP contribution in [-0.4, -0.2) is 42.9 Å². The molecule has 0 aliphatic carbocycles. The number of carboxylic acid groups (broad SMARTS) is 1. The first-order valence-corrected chi connectivity index (χ1v) is 6.15. The molecular formula is C13H18N2O3. The van der Waals surface area contributed by atoms with Crippen molar-refractivity contribution in [1.29, 1.82) is 0 Å². The summed E-state index contributed by atoms with van der Waals surface area (Å²) in [5, 5.41) is 8.95. The molecular weight excluding hydrogens is 232 g/mol. The Hall–Kier alpha value is -1.62. The fourth-order valence-corrected chi connectivity index (χ4v) is 2.17. The van der Waals surface area contributed by atoms with E-state index in [4.69, 9.17) is 9.84 Å². The minimum absolute atomic E-state index is 0.277. The van der Waals surface area contributed by atoms with Gasteiger partial charge in [-0.15, -0.1) is 0 Å². The summed E-state index contributed by atoms with van der Waals surface area (Å²) in [6.45, 7) is 2.53. The van der Waals surface area contributed by atoms with Gasteiger partial charge in [0.25, 0.3) is 0 Å². The van der Waals surface area contributed by atoms with E-state index in [9.17, 15) is 4.79 Å². The Morgan fingerprint density at radius 2 is 2.28 bits per heavy atom. The lowest BCUT2D eigenvalue weighted by molar-refractivity contribution is 0.0685. The van der Waals surface area contributed by atoms with E-state index in [1.165, 1.54) is 6.07 Å². The molecule has 0 bridgehead atoms. The Balaban J connectivity index is 2.01. The highest BCUT2D eigenvalue weighted by Gasteiger charge is 2.17. The largest absolute Gasteiger partial charge is 0.478 e. The molecule has 1 aromatic rings. The summed E-state index contributed by atoms with van der Waals surface area (Å²) in [4.78, 5) is 17.1. The van der Waals surface area contributed by atoms with Crippen molar-refractivity contribution in [3.05, 3.63) is 23.9 Å². The average molecular weight is 250 g/mol. The van der Waals surface area contributed by atoms with Crippen LogP contribution in [0.4, 0.5) is 5.82 Å². The van der Waals surface area contributed by atoms with Gasteiger partial charge in [-0.3, -0.25) is 0 Å². The molecule has 2 rings (SSSR count). The third kappa shape index (κ3) is 3.20. The fourth-order valence-electron chi connectivity index (χ4n) is 2.17. The number of carboxylic acids is 1. The summed E-state index contributed by atoms with van der Waals surface area (Å²) in [6, 6.07) is 3.12. The second-order valence-corrected chi connectivity index (χ2v) is 4.64. The van der Waals surface area contributed by atoms with Gasteiger partial charge in [0, 0.05) is 33.0 Å². The molecule has 5 nitrogen and oxygen atoms in total. The van der Waals surface area contributed by atoms with Crippen LogP contribution in [0.1, 0.15) is 23.2 Å². The van der Waals surface area contributed by atoms with E-state index in [0.29, 0.717) is 11.7 Å². The van der Waals surface area contributed by atoms with Gasteiger partial charge in [0.1, 0.15) is 5.82 Å². The van der Waals surface area contributed by atoms with Gasteiger partial charge < -0.3 is 14.7 Å². The molecule has 1 fully saturated rings. The van der Waals surface area contributed by atoms with E-state index < -0.39 is 5.97 Å². The number of pyridine rings is 1. The molecule has 0 spiro atoms. The Bertz CT molecular complexity index is 416. The van der Waals surface area contributed by atoms with Crippen molar-refractivity contribution in [1.82, 2.24) is 4.98 Å². The molecule has 18 heavy (non-hydrogen) atoms. The summed E-state index contributed by atoms with van der Waals surface area (Å²) in [6.07, 6.45) is 3.66. The number of anilines is 1. The molecule has 1 aliphatic rings. The van der Waals surface area contributed by atoms with E-state index in [-0.39, 0.29) is 5.56 Å². The number of hydrogen-bond acceptors (Lipinski definition) is 4. The van der Waals surface area contributed by atoms with Crippen molar-refractivity contribution in [2.24, 2.45) is 5.92 Å². The second kappa shape index (κ2) is 5.82. The number of carbonyl (C=O) groups is 1. The number of hydrogen-bond donors (Lipinski definition) is 1. The van der Waals surface area contributed by atoms with Crippen LogP contribution in [0.2, 0.25) is 0 Å². The molecule has 0 atom stereocenters. The lowest BCUT2D eigenvalue weighted by Gasteiger charge is -2.27. The number of aromatic nitrogens is 1. The summed E-state index contributed by atoms with van der Waals surface area (Å²) in [7, 11) is 1.95. The van der Waals surface area contributed by atoms with E-state index in [1.54, 1.807) is 12.3 Å². The van der Waals surface area contributed by atoms with Gasteiger partial charge in [-0.05, 0) is 30.9 Å². The highest BCUT2D eigenvalue weighted by molar-refractivity contribution is 5.88. The van der Waals surface area contributed by atoms with Crippen molar-refractivity contribution in [2.75, 3.05) is 31.7 Å². The van der Waals surface area contributed by atoms with E-state index >= 15 is 0 Å². The Labute approximate surface area is 106 Å². The van der Waals surface area contributed by atoms with Gasteiger partial charge in [-0.2, -0.15) is 0 Å². The molecule has 2 heterocycles. The lowest BCUT2D eigenvalue weighted by atomic mass is 10.00. The Morgan fingerprint density at radius 3 is 2.94 bits per heavy atom. The third-order valence-electron chi connectivity index (χ3n) is 3.26. The zero-order valence-electron chi connectivity index (χ0n) is 10.5. The predicted molar refractivity (Wildman–Crippen MR) is 68.0 cm³/mol. The minimum atomic E-state index is -0.918. The predicted octanol–water partition coefficient (Wildman–Crippen LogP) is 1.64. The van der Waals surface area contributed by atoms with Gasteiger partial charge in [0.05, 0.1) is 5.56 Å². The van der Waals surface area contributed by atoms with Gasteiger partial charge >= 0.3 is 5.97 Å². The smallest absolute Gasteiger partial charge is 0.335 e. The van der Waals surface area contributed by atoms with Gasteiger partial charge in [0.2, 0.25) is 0 Å². The molecule has 98 valence electrons. The molecule has 5 heteroatoms. The first-order chi connectivity index (χ1) is 8.66. The van der Waals surface area contributed by atoms with Crippen LogP contribution in [0.15, 0.2) is 18.3 Å². The molecule has 1 aliphatic heterocycles. The van der Waals surface area contributed by atoms with E-state index in [1.807, 2.05) is 11.9 Å². The van der Waals surface area contributed by atoms with Crippen LogP contribution in [0.3, 0.4) is 0 Å². The number of rotatable bonds is 4. The van der Waals surface area contributed by atoms with Crippen molar-refractivity contribution < 1.29 is 14.6 Å². The molecule has 0 unspecified atom stereocenters. The topological polar surface area (TPSA) is 62.7 Å². The third-order valence-corrected chi connectivity index (χ3v) is 3.26. The molecule has 0 radical (unpaired) electrons. The average Bonchev–Trinajstić information content (AvgIpc) is 2.40. The number of nitrogens with zero attached hydrogens (tertiary/aromatic N) is 2. The van der Waals surface area contributed by atoms with Crippen molar-refractivity contribution >= 4 is 11.8 Å². The summed E-state index contributed by atoms with van der Waals surface area (Å²) in [5.74, 6) is 0.388. The molecule has 1 N–H and O–H groups in total. The summed E-state index contributed by atoms with van der Waals surface area (Å²) in [5.41, 5.74) is 0.277. The highest BCUT2D eigenvalue weighted by Crippen LogP contribution is 2.19. The van der Waals surface area contributed by atoms with Gasteiger partial charge in [-0.1, -0.05) is 0 Å².